The van der Waals surface area contributed by atoms with Crippen molar-refractivity contribution in [3.63, 3.8) is 0 Å². The van der Waals surface area contributed by atoms with Crippen LogP contribution in [0.25, 0.3) is 0 Å². The Labute approximate surface area is 221 Å². The number of carbonyl (C=O) groups excluding carboxylic acids is 2. The van der Waals surface area contributed by atoms with Gasteiger partial charge in [0.25, 0.3) is 24.4 Å². The molecule has 0 aromatic heterocycles. The van der Waals surface area contributed by atoms with Crippen molar-refractivity contribution in [1.82, 2.24) is 10.9 Å². The summed E-state index contributed by atoms with van der Waals surface area (Å²) in [4.78, 5) is 24.7. The van der Waals surface area contributed by atoms with Crippen molar-refractivity contribution in [2.45, 2.75) is 63.9 Å². The Bertz CT molecular complexity index is 1070. The molecule has 1 aliphatic heterocycles. The van der Waals surface area contributed by atoms with E-state index in [9.17, 15) is 9.59 Å². The molecule has 2 aliphatic carbocycles. The molecule has 2 amide bonds. The normalized spacial score (nSPS) is 21.1. The third-order valence-corrected chi connectivity index (χ3v) is 6.60. The number of rotatable bonds is 8. The molecule has 2 aromatic rings. The van der Waals surface area contributed by atoms with Crippen molar-refractivity contribution >= 4 is 23.2 Å². The van der Waals surface area contributed by atoms with E-state index in [2.05, 4.69) is 21.1 Å². The van der Waals surface area contributed by atoms with Crippen LogP contribution in [0.2, 0.25) is 0 Å². The maximum Gasteiger partial charge on any atom is 0.271 e. The van der Waals surface area contributed by atoms with Crippen molar-refractivity contribution in [2.75, 3.05) is 13.2 Å². The summed E-state index contributed by atoms with van der Waals surface area (Å²) in [6.07, 6.45) is 6.61. The molecule has 2 saturated carbocycles. The fourth-order valence-electron chi connectivity index (χ4n) is 4.48. The summed E-state index contributed by atoms with van der Waals surface area (Å²) >= 11 is 0. The summed E-state index contributed by atoms with van der Waals surface area (Å²) in [5.41, 5.74) is 8.26. The van der Waals surface area contributed by atoms with Gasteiger partial charge >= 0.3 is 0 Å². The van der Waals surface area contributed by atoms with E-state index in [1.807, 2.05) is 0 Å². The quantitative estimate of drug-likeness (QED) is 0.505. The lowest BCUT2D eigenvalue weighted by atomic mass is 10.2. The second-order valence-corrected chi connectivity index (χ2v) is 9.41. The number of carbonyl (C=O) groups is 2. The highest BCUT2D eigenvalue weighted by atomic mass is 16.8. The molecule has 0 spiro atoms. The van der Waals surface area contributed by atoms with Crippen LogP contribution in [0, 0.1) is 0 Å². The summed E-state index contributed by atoms with van der Waals surface area (Å²) < 4.78 is 23.4. The van der Waals surface area contributed by atoms with Gasteiger partial charge in [-0.05, 0) is 99.9 Å². The van der Waals surface area contributed by atoms with Crippen LogP contribution in [0.3, 0.4) is 0 Å². The van der Waals surface area contributed by atoms with Crippen LogP contribution in [-0.4, -0.2) is 49.0 Å². The summed E-state index contributed by atoms with van der Waals surface area (Å²) in [5.74, 6) is 0.474. The number of hydrogen-bond acceptors (Lipinski definition) is 8. The summed E-state index contributed by atoms with van der Waals surface area (Å²) in [7, 11) is 0. The topological polar surface area (TPSA) is 120 Å². The number of benzene rings is 2. The molecule has 0 bridgehead atoms. The summed E-state index contributed by atoms with van der Waals surface area (Å²) in [6.45, 7) is 0.708. The molecule has 5 rings (SSSR count). The number of nitrogens with zero attached hydrogens (tertiary/aromatic N) is 2. The zero-order chi connectivity index (χ0) is 26.2. The zero-order valence-corrected chi connectivity index (χ0v) is 21.2. The third kappa shape index (κ3) is 6.96. The largest absolute Gasteiger partial charge is 0.458 e. The highest BCUT2D eigenvalue weighted by Crippen LogP contribution is 2.23. The molecule has 200 valence electrons. The van der Waals surface area contributed by atoms with E-state index in [0.29, 0.717) is 35.8 Å². The van der Waals surface area contributed by atoms with Crippen molar-refractivity contribution in [3.8, 4) is 11.5 Å². The molecule has 10 nitrogen and oxygen atoms in total. The monoisotopic (exact) mass is 520 g/mol. The van der Waals surface area contributed by atoms with E-state index in [0.717, 1.165) is 62.8 Å². The molecule has 2 N–H and O–H groups in total. The molecular formula is C28H32N4O6. The maximum absolute atomic E-state index is 12.4. The van der Waals surface area contributed by atoms with Gasteiger partial charge in [0.15, 0.2) is 0 Å². The van der Waals surface area contributed by atoms with E-state index < -0.39 is 12.6 Å². The molecule has 38 heavy (non-hydrogen) atoms. The molecule has 2 unspecified atom stereocenters. The minimum atomic E-state index is -0.817. The average molecular weight is 521 g/mol. The van der Waals surface area contributed by atoms with Crippen LogP contribution in [0.1, 0.15) is 72.1 Å². The fraction of sp³-hybridized carbons (Fsp3) is 0.429. The van der Waals surface area contributed by atoms with Gasteiger partial charge in [0.05, 0.1) is 13.2 Å². The SMILES string of the molecule is O=C(NN=C1CCCC1)c1ccc(OC2OCCOC2Oc2ccc(C(=O)NN=C3CCCC3)cc2)cc1. The molecule has 10 heteroatoms. The maximum atomic E-state index is 12.4. The predicted molar refractivity (Wildman–Crippen MR) is 140 cm³/mol. The second-order valence-electron chi connectivity index (χ2n) is 9.41. The fourth-order valence-corrected chi connectivity index (χ4v) is 4.48. The number of hydrogen-bond donors (Lipinski definition) is 2. The van der Waals surface area contributed by atoms with Gasteiger partial charge in [0.2, 0.25) is 0 Å². The van der Waals surface area contributed by atoms with Crippen molar-refractivity contribution in [2.24, 2.45) is 10.2 Å². The first-order chi connectivity index (χ1) is 18.6. The lowest BCUT2D eigenvalue weighted by molar-refractivity contribution is -0.271. The standard InChI is InChI=1S/C28H32N4O6/c33-25(31-29-21-5-1-2-6-21)19-9-13-23(14-10-19)37-27-28(36-18-17-35-27)38-24-15-11-20(12-16-24)26(34)32-30-22-7-3-4-8-22/h9-16,27-28H,1-8,17-18H2,(H,31,33)(H,32,34). The molecule has 2 aromatic carbocycles. The zero-order valence-electron chi connectivity index (χ0n) is 21.2. The van der Waals surface area contributed by atoms with Gasteiger partial charge in [-0.1, -0.05) is 0 Å². The molecule has 1 heterocycles. The van der Waals surface area contributed by atoms with Crippen LogP contribution in [-0.2, 0) is 9.47 Å². The number of nitrogens with one attached hydrogen (secondary N) is 2. The third-order valence-electron chi connectivity index (χ3n) is 6.60. The van der Waals surface area contributed by atoms with Gasteiger partial charge in [0.1, 0.15) is 11.5 Å². The van der Waals surface area contributed by atoms with Gasteiger partial charge in [-0.3, -0.25) is 9.59 Å². The summed E-state index contributed by atoms with van der Waals surface area (Å²) in [6, 6.07) is 13.4. The van der Waals surface area contributed by atoms with E-state index in [4.69, 9.17) is 18.9 Å². The molecular weight excluding hydrogens is 488 g/mol. The van der Waals surface area contributed by atoms with Crippen LogP contribution < -0.4 is 20.3 Å². The summed E-state index contributed by atoms with van der Waals surface area (Å²) in [5, 5.41) is 8.42. The van der Waals surface area contributed by atoms with Crippen molar-refractivity contribution in [1.29, 1.82) is 0 Å². The second kappa shape index (κ2) is 12.7. The van der Waals surface area contributed by atoms with E-state index in [-0.39, 0.29) is 11.8 Å². The Morgan fingerprint density at radius 3 is 1.37 bits per heavy atom. The predicted octanol–water partition coefficient (Wildman–Crippen LogP) is 4.16. The van der Waals surface area contributed by atoms with E-state index in [1.54, 1.807) is 48.5 Å². The number of amides is 2. The lowest BCUT2D eigenvalue weighted by Gasteiger charge is -2.31. The lowest BCUT2D eigenvalue weighted by Crippen LogP contribution is -2.45. The van der Waals surface area contributed by atoms with Gasteiger partial charge in [-0.15, -0.1) is 0 Å². The van der Waals surface area contributed by atoms with Crippen LogP contribution in [0.15, 0.2) is 58.7 Å². The Kier molecular flexibility index (Phi) is 8.62. The van der Waals surface area contributed by atoms with Gasteiger partial charge < -0.3 is 18.9 Å². The van der Waals surface area contributed by atoms with Crippen LogP contribution >= 0.6 is 0 Å². The van der Waals surface area contributed by atoms with Crippen molar-refractivity contribution < 1.29 is 28.5 Å². The molecule has 1 saturated heterocycles. The minimum absolute atomic E-state index is 0.266. The first-order valence-corrected chi connectivity index (χ1v) is 13.1. The average Bonchev–Trinajstić information content (AvgIpc) is 3.67. The smallest absolute Gasteiger partial charge is 0.271 e. The van der Waals surface area contributed by atoms with Crippen molar-refractivity contribution in [3.05, 3.63) is 59.7 Å². The van der Waals surface area contributed by atoms with E-state index >= 15 is 0 Å². The minimum Gasteiger partial charge on any atom is -0.458 e. The van der Waals surface area contributed by atoms with Gasteiger partial charge in [-0.25, -0.2) is 10.9 Å². The Morgan fingerprint density at radius 2 is 1.00 bits per heavy atom. The first-order valence-electron chi connectivity index (χ1n) is 13.1. The molecule has 0 radical (unpaired) electrons. The van der Waals surface area contributed by atoms with E-state index in [1.165, 1.54) is 0 Å². The Balaban J connectivity index is 1.14. The van der Waals surface area contributed by atoms with Crippen LogP contribution in [0.5, 0.6) is 11.5 Å². The molecule has 3 aliphatic rings. The Hall–Kier alpha value is -3.76. The van der Waals surface area contributed by atoms with Gasteiger partial charge in [-0.2, -0.15) is 10.2 Å². The number of hydrazone groups is 2. The molecule has 2 atom stereocenters. The molecule has 3 fully saturated rings. The van der Waals surface area contributed by atoms with Gasteiger partial charge in [0, 0.05) is 22.6 Å². The highest BCUT2D eigenvalue weighted by molar-refractivity contribution is 5.96. The Morgan fingerprint density at radius 1 is 0.632 bits per heavy atom. The first kappa shape index (κ1) is 25.9. The highest BCUT2D eigenvalue weighted by Gasteiger charge is 2.31. The van der Waals surface area contributed by atoms with Crippen LogP contribution in [0.4, 0.5) is 0 Å². The number of ether oxygens (including phenoxy) is 4.